The highest BCUT2D eigenvalue weighted by molar-refractivity contribution is 7.93. The van der Waals surface area contributed by atoms with E-state index in [9.17, 15) is 8.42 Å². The van der Waals surface area contributed by atoms with Crippen LogP contribution in [0.3, 0.4) is 0 Å². The van der Waals surface area contributed by atoms with Crippen LogP contribution in [0.2, 0.25) is 0 Å². The van der Waals surface area contributed by atoms with Crippen molar-refractivity contribution < 1.29 is 13.2 Å². The first kappa shape index (κ1) is 17.5. The highest BCUT2D eigenvalue weighted by Gasteiger charge is 2.56. The molecule has 25 heavy (non-hydrogen) atoms. The van der Waals surface area contributed by atoms with E-state index in [0.29, 0.717) is 24.3 Å². The third-order valence-corrected chi connectivity index (χ3v) is 8.75. The summed E-state index contributed by atoms with van der Waals surface area (Å²) in [5.41, 5.74) is 0. The Morgan fingerprint density at radius 3 is 2.48 bits per heavy atom. The number of likely N-dealkylation sites (tertiary alicyclic amines) is 1. The first-order valence-corrected chi connectivity index (χ1v) is 11.3. The van der Waals surface area contributed by atoms with Crippen molar-refractivity contribution in [3.63, 3.8) is 0 Å². The van der Waals surface area contributed by atoms with Crippen molar-refractivity contribution >= 4 is 9.84 Å². The van der Waals surface area contributed by atoms with Crippen molar-refractivity contribution in [2.24, 2.45) is 11.8 Å². The number of rotatable bonds is 6. The normalized spacial score (nSPS) is 29.1. The van der Waals surface area contributed by atoms with Crippen molar-refractivity contribution in [2.75, 3.05) is 26.2 Å². The maximum absolute atomic E-state index is 12.8. The van der Waals surface area contributed by atoms with E-state index in [0.717, 1.165) is 24.9 Å². The SMILES string of the molecule is O=S(=O)(c1ccccc1)C1(OCCN2CCC3CCCCC3C2)CC1. The molecule has 2 unspecified atom stereocenters. The van der Waals surface area contributed by atoms with E-state index >= 15 is 0 Å². The number of piperidine rings is 1. The lowest BCUT2D eigenvalue weighted by molar-refractivity contribution is 0.0354. The molecular weight excluding hydrogens is 334 g/mol. The van der Waals surface area contributed by atoms with E-state index in [2.05, 4.69) is 4.90 Å². The third kappa shape index (κ3) is 3.51. The molecule has 5 heteroatoms. The molecule has 3 aliphatic rings. The summed E-state index contributed by atoms with van der Waals surface area (Å²) < 4.78 is 31.7. The second-order valence-corrected chi connectivity index (χ2v) is 10.2. The highest BCUT2D eigenvalue weighted by Crippen LogP contribution is 2.47. The number of nitrogens with zero attached hydrogens (tertiary/aromatic N) is 1. The average molecular weight is 364 g/mol. The minimum Gasteiger partial charge on any atom is -0.357 e. The van der Waals surface area contributed by atoms with Gasteiger partial charge in [-0.1, -0.05) is 37.5 Å². The maximum Gasteiger partial charge on any atom is 0.208 e. The Balaban J connectivity index is 1.31. The predicted octanol–water partition coefficient (Wildman–Crippen LogP) is 3.48. The zero-order valence-corrected chi connectivity index (χ0v) is 15.7. The van der Waals surface area contributed by atoms with E-state index in [1.807, 2.05) is 6.07 Å². The van der Waals surface area contributed by atoms with Gasteiger partial charge in [0.2, 0.25) is 9.84 Å². The molecule has 0 amide bonds. The zero-order valence-electron chi connectivity index (χ0n) is 14.9. The smallest absolute Gasteiger partial charge is 0.208 e. The van der Waals surface area contributed by atoms with Crippen LogP contribution in [-0.2, 0) is 14.6 Å². The molecule has 1 aromatic rings. The Morgan fingerprint density at radius 1 is 1.04 bits per heavy atom. The second kappa shape index (κ2) is 7.01. The fourth-order valence-electron chi connectivity index (χ4n) is 4.65. The van der Waals surface area contributed by atoms with E-state index in [1.54, 1.807) is 24.3 Å². The molecule has 0 bridgehead atoms. The molecule has 0 aromatic heterocycles. The lowest BCUT2D eigenvalue weighted by Crippen LogP contribution is -2.43. The van der Waals surface area contributed by atoms with Crippen molar-refractivity contribution in [2.45, 2.75) is 54.8 Å². The third-order valence-electron chi connectivity index (χ3n) is 6.35. The van der Waals surface area contributed by atoms with Gasteiger partial charge in [0.15, 0.2) is 4.93 Å². The summed E-state index contributed by atoms with van der Waals surface area (Å²) >= 11 is 0. The molecule has 4 nitrogen and oxygen atoms in total. The first-order valence-electron chi connectivity index (χ1n) is 9.77. The Labute approximate surface area is 151 Å². The Kier molecular flexibility index (Phi) is 4.91. The molecule has 0 radical (unpaired) electrons. The van der Waals surface area contributed by atoms with Gasteiger partial charge in [0.1, 0.15) is 0 Å². The van der Waals surface area contributed by atoms with Gasteiger partial charge in [-0.25, -0.2) is 8.42 Å². The summed E-state index contributed by atoms with van der Waals surface area (Å²) in [6.45, 7) is 3.69. The van der Waals surface area contributed by atoms with Gasteiger partial charge in [0, 0.05) is 13.1 Å². The Bertz CT molecular complexity index is 684. The molecule has 0 N–H and O–H groups in total. The minimum atomic E-state index is -3.39. The van der Waals surface area contributed by atoms with Gasteiger partial charge in [0.05, 0.1) is 11.5 Å². The number of hydrogen-bond donors (Lipinski definition) is 0. The number of fused-ring (bicyclic) bond motifs is 1. The van der Waals surface area contributed by atoms with E-state index in [-0.39, 0.29) is 0 Å². The standard InChI is InChI=1S/C20H29NO3S/c22-25(23,19-8-2-1-3-9-19)20(11-12-20)24-15-14-21-13-10-17-6-4-5-7-18(17)16-21/h1-3,8-9,17-18H,4-7,10-16H2. The fraction of sp³-hybridized carbons (Fsp3) is 0.700. The van der Waals surface area contributed by atoms with Gasteiger partial charge in [-0.2, -0.15) is 0 Å². The van der Waals surface area contributed by atoms with Gasteiger partial charge in [-0.15, -0.1) is 0 Å². The summed E-state index contributed by atoms with van der Waals surface area (Å²) in [5, 5.41) is 0. The van der Waals surface area contributed by atoms with Gasteiger partial charge >= 0.3 is 0 Å². The van der Waals surface area contributed by atoms with E-state index in [1.165, 1.54) is 38.6 Å². The van der Waals surface area contributed by atoms with Crippen LogP contribution >= 0.6 is 0 Å². The van der Waals surface area contributed by atoms with Crippen molar-refractivity contribution in [1.29, 1.82) is 0 Å². The van der Waals surface area contributed by atoms with Gasteiger partial charge in [-0.3, -0.25) is 0 Å². The highest BCUT2D eigenvalue weighted by atomic mass is 32.2. The molecule has 1 aliphatic heterocycles. The van der Waals surface area contributed by atoms with Crippen LogP contribution in [-0.4, -0.2) is 44.5 Å². The molecule has 2 aliphatic carbocycles. The summed E-state index contributed by atoms with van der Waals surface area (Å²) in [6, 6.07) is 8.74. The molecule has 138 valence electrons. The zero-order chi connectivity index (χ0) is 17.3. The quantitative estimate of drug-likeness (QED) is 0.776. The Hall–Kier alpha value is -0.910. The topological polar surface area (TPSA) is 46.6 Å². The molecule has 4 rings (SSSR count). The molecule has 1 saturated heterocycles. The average Bonchev–Trinajstić information content (AvgIpc) is 3.44. The lowest BCUT2D eigenvalue weighted by atomic mass is 9.75. The van der Waals surface area contributed by atoms with Gasteiger partial charge in [0.25, 0.3) is 0 Å². The maximum atomic E-state index is 12.8. The van der Waals surface area contributed by atoms with Crippen LogP contribution < -0.4 is 0 Å². The summed E-state index contributed by atoms with van der Waals surface area (Å²) in [4.78, 5) is 1.91. The fourth-order valence-corrected chi connectivity index (χ4v) is 6.47. The molecule has 3 fully saturated rings. The number of hydrogen-bond acceptors (Lipinski definition) is 4. The van der Waals surface area contributed by atoms with Crippen LogP contribution in [0.4, 0.5) is 0 Å². The number of sulfone groups is 1. The van der Waals surface area contributed by atoms with Gasteiger partial charge in [-0.05, 0) is 56.2 Å². The van der Waals surface area contributed by atoms with E-state index < -0.39 is 14.8 Å². The van der Waals surface area contributed by atoms with Crippen LogP contribution in [0.25, 0.3) is 0 Å². The Morgan fingerprint density at radius 2 is 1.76 bits per heavy atom. The molecule has 1 aromatic carbocycles. The predicted molar refractivity (Wildman–Crippen MR) is 98.0 cm³/mol. The number of ether oxygens (including phenoxy) is 1. The van der Waals surface area contributed by atoms with Crippen molar-refractivity contribution in [1.82, 2.24) is 4.90 Å². The van der Waals surface area contributed by atoms with Crippen molar-refractivity contribution in [3.8, 4) is 0 Å². The van der Waals surface area contributed by atoms with Gasteiger partial charge < -0.3 is 9.64 Å². The molecule has 0 spiro atoms. The second-order valence-electron chi connectivity index (χ2n) is 7.97. The summed E-state index contributed by atoms with van der Waals surface area (Å²) in [6.07, 6.45) is 8.11. The van der Waals surface area contributed by atoms with Crippen LogP contribution in [0.15, 0.2) is 35.2 Å². The lowest BCUT2D eigenvalue weighted by Gasteiger charge is -2.41. The van der Waals surface area contributed by atoms with E-state index in [4.69, 9.17) is 4.74 Å². The minimum absolute atomic E-state index is 0.385. The molecule has 2 atom stereocenters. The van der Waals surface area contributed by atoms with Crippen LogP contribution in [0.1, 0.15) is 44.9 Å². The van der Waals surface area contributed by atoms with Crippen molar-refractivity contribution in [3.05, 3.63) is 30.3 Å². The summed E-state index contributed by atoms with van der Waals surface area (Å²) in [7, 11) is -3.39. The molecule has 2 saturated carbocycles. The molecular formula is C20H29NO3S. The van der Waals surface area contributed by atoms with Crippen LogP contribution in [0, 0.1) is 11.8 Å². The van der Waals surface area contributed by atoms with Crippen LogP contribution in [0.5, 0.6) is 0 Å². The monoisotopic (exact) mass is 363 g/mol. The largest absolute Gasteiger partial charge is 0.357 e. The molecule has 1 heterocycles. The first-order chi connectivity index (χ1) is 12.1. The number of benzene rings is 1. The summed E-state index contributed by atoms with van der Waals surface area (Å²) in [5.74, 6) is 1.78.